The summed E-state index contributed by atoms with van der Waals surface area (Å²) in [4.78, 5) is 23.5. The van der Waals surface area contributed by atoms with E-state index in [2.05, 4.69) is 5.32 Å². The molecule has 2 aromatic carbocycles. The molecule has 0 aromatic heterocycles. The molecule has 0 heterocycles. The van der Waals surface area contributed by atoms with Crippen molar-refractivity contribution in [3.8, 4) is 11.8 Å². The number of halogens is 2. The van der Waals surface area contributed by atoms with E-state index in [9.17, 15) is 9.59 Å². The summed E-state index contributed by atoms with van der Waals surface area (Å²) >= 11 is 11.7. The summed E-state index contributed by atoms with van der Waals surface area (Å²) in [6.07, 6.45) is 0. The van der Waals surface area contributed by atoms with E-state index in [0.29, 0.717) is 15.8 Å². The largest absolute Gasteiger partial charge is 0.482 e. The van der Waals surface area contributed by atoms with Gasteiger partial charge in [-0.25, -0.2) is 4.79 Å². The smallest absolute Gasteiger partial charge is 0.344 e. The highest BCUT2D eigenvalue weighted by molar-refractivity contribution is 6.31. The van der Waals surface area contributed by atoms with Gasteiger partial charge in [0.2, 0.25) is 0 Å². The zero-order valence-corrected chi connectivity index (χ0v) is 15.2. The van der Waals surface area contributed by atoms with E-state index in [1.807, 2.05) is 13.0 Å². The highest BCUT2D eigenvalue weighted by atomic mass is 35.5. The molecule has 0 radical (unpaired) electrons. The molecule has 0 bridgehead atoms. The molecular formula is C18H14Cl2N2O4. The van der Waals surface area contributed by atoms with Crippen LogP contribution in [0.15, 0.2) is 36.4 Å². The van der Waals surface area contributed by atoms with Crippen LogP contribution >= 0.6 is 23.2 Å². The molecule has 0 saturated heterocycles. The average molecular weight is 393 g/mol. The van der Waals surface area contributed by atoms with E-state index in [1.165, 1.54) is 18.2 Å². The molecule has 0 unspecified atom stereocenters. The first-order valence-electron chi connectivity index (χ1n) is 7.43. The maximum absolute atomic E-state index is 11.9. The van der Waals surface area contributed by atoms with Crippen molar-refractivity contribution in [2.24, 2.45) is 0 Å². The Morgan fingerprint density at radius 2 is 1.92 bits per heavy atom. The zero-order valence-electron chi connectivity index (χ0n) is 13.7. The van der Waals surface area contributed by atoms with E-state index in [1.54, 1.807) is 18.2 Å². The lowest BCUT2D eigenvalue weighted by molar-refractivity contribution is -0.149. The summed E-state index contributed by atoms with van der Waals surface area (Å²) in [5.74, 6) is -0.843. The molecule has 134 valence electrons. The van der Waals surface area contributed by atoms with Gasteiger partial charge in [0.05, 0.1) is 11.3 Å². The van der Waals surface area contributed by atoms with Crippen LogP contribution in [0.25, 0.3) is 0 Å². The van der Waals surface area contributed by atoms with Crippen LogP contribution in [0.5, 0.6) is 5.75 Å². The molecule has 0 atom stereocenters. The Morgan fingerprint density at radius 3 is 2.62 bits per heavy atom. The van der Waals surface area contributed by atoms with Gasteiger partial charge < -0.3 is 14.8 Å². The second kappa shape index (κ2) is 9.09. The molecule has 0 fully saturated rings. The number of amides is 1. The van der Waals surface area contributed by atoms with Gasteiger partial charge in [0.25, 0.3) is 5.91 Å². The van der Waals surface area contributed by atoms with Crippen LogP contribution in [0, 0.1) is 18.3 Å². The number of carbonyl (C=O) groups is 2. The molecule has 0 aliphatic heterocycles. The Hall–Kier alpha value is -2.75. The van der Waals surface area contributed by atoms with Gasteiger partial charge in [0, 0.05) is 10.0 Å². The Labute approximate surface area is 160 Å². The van der Waals surface area contributed by atoms with Crippen LogP contribution in [0.2, 0.25) is 10.0 Å². The van der Waals surface area contributed by atoms with Crippen molar-refractivity contribution in [3.05, 3.63) is 57.6 Å². The summed E-state index contributed by atoms with van der Waals surface area (Å²) < 4.78 is 10.1. The number of hydrogen-bond acceptors (Lipinski definition) is 5. The van der Waals surface area contributed by atoms with Gasteiger partial charge in [-0.05, 0) is 48.9 Å². The van der Waals surface area contributed by atoms with Crippen molar-refractivity contribution in [1.82, 2.24) is 0 Å². The van der Waals surface area contributed by atoms with Gasteiger partial charge in [-0.15, -0.1) is 0 Å². The number of ether oxygens (including phenoxy) is 2. The monoisotopic (exact) mass is 392 g/mol. The zero-order chi connectivity index (χ0) is 19.1. The summed E-state index contributed by atoms with van der Waals surface area (Å²) in [7, 11) is 0. The molecule has 1 N–H and O–H groups in total. The molecular weight excluding hydrogens is 379 g/mol. The molecule has 6 nitrogen and oxygen atoms in total. The number of aryl methyl sites for hydroxylation is 1. The van der Waals surface area contributed by atoms with Crippen molar-refractivity contribution in [2.45, 2.75) is 6.92 Å². The van der Waals surface area contributed by atoms with Gasteiger partial charge in [-0.1, -0.05) is 23.2 Å². The number of nitrogens with one attached hydrogen (secondary N) is 1. The maximum Gasteiger partial charge on any atom is 0.344 e. The molecule has 2 aromatic rings. The van der Waals surface area contributed by atoms with Gasteiger partial charge in [0.1, 0.15) is 11.8 Å². The lowest BCUT2D eigenvalue weighted by Gasteiger charge is -2.09. The second-order valence-corrected chi connectivity index (χ2v) is 6.05. The number of rotatable bonds is 6. The molecule has 26 heavy (non-hydrogen) atoms. The number of benzene rings is 2. The predicted octanol–water partition coefficient (Wildman–Crippen LogP) is 3.73. The van der Waals surface area contributed by atoms with Gasteiger partial charge in [-0.2, -0.15) is 5.26 Å². The van der Waals surface area contributed by atoms with Crippen molar-refractivity contribution in [2.75, 3.05) is 18.5 Å². The van der Waals surface area contributed by atoms with Crippen molar-refractivity contribution >= 4 is 40.8 Å². The standard InChI is InChI=1S/C18H14Cl2N2O4/c1-11-6-14(4-5-15(11)20)25-10-18(24)26-9-17(23)22-16-7-13(19)3-2-12(16)8-21/h2-7H,9-10H2,1H3,(H,22,23). The first kappa shape index (κ1) is 19.6. The minimum Gasteiger partial charge on any atom is -0.482 e. The van der Waals surface area contributed by atoms with E-state index in [-0.39, 0.29) is 17.9 Å². The fraction of sp³-hybridized carbons (Fsp3) is 0.167. The van der Waals surface area contributed by atoms with Crippen molar-refractivity contribution in [3.63, 3.8) is 0 Å². The normalized spacial score (nSPS) is 9.92. The summed E-state index contributed by atoms with van der Waals surface area (Å²) in [6, 6.07) is 11.3. The van der Waals surface area contributed by atoms with E-state index in [0.717, 1.165) is 5.56 Å². The Kier molecular flexibility index (Phi) is 6.84. The fourth-order valence-electron chi connectivity index (χ4n) is 1.94. The van der Waals surface area contributed by atoms with Crippen LogP contribution in [-0.4, -0.2) is 25.1 Å². The van der Waals surface area contributed by atoms with Gasteiger partial charge in [0.15, 0.2) is 13.2 Å². The SMILES string of the molecule is Cc1cc(OCC(=O)OCC(=O)Nc2cc(Cl)ccc2C#N)ccc1Cl. The summed E-state index contributed by atoms with van der Waals surface area (Å²) in [5.41, 5.74) is 1.30. The molecule has 0 aliphatic rings. The fourth-order valence-corrected chi connectivity index (χ4v) is 2.23. The molecule has 0 aliphatic carbocycles. The number of hydrogen-bond donors (Lipinski definition) is 1. The molecule has 2 rings (SSSR count). The van der Waals surface area contributed by atoms with E-state index in [4.69, 9.17) is 37.9 Å². The van der Waals surface area contributed by atoms with Gasteiger partial charge >= 0.3 is 5.97 Å². The van der Waals surface area contributed by atoms with Crippen LogP contribution in [0.4, 0.5) is 5.69 Å². The van der Waals surface area contributed by atoms with Crippen LogP contribution in [0.3, 0.4) is 0 Å². The van der Waals surface area contributed by atoms with Crippen molar-refractivity contribution < 1.29 is 19.1 Å². The second-order valence-electron chi connectivity index (χ2n) is 5.21. The summed E-state index contributed by atoms with van der Waals surface area (Å²) in [6.45, 7) is 0.942. The van der Waals surface area contributed by atoms with Crippen LogP contribution in [-0.2, 0) is 14.3 Å². The molecule has 0 saturated carbocycles. The Morgan fingerprint density at radius 1 is 1.15 bits per heavy atom. The highest BCUT2D eigenvalue weighted by Crippen LogP contribution is 2.21. The first-order valence-corrected chi connectivity index (χ1v) is 8.18. The van der Waals surface area contributed by atoms with E-state index < -0.39 is 18.5 Å². The summed E-state index contributed by atoms with van der Waals surface area (Å²) in [5, 5.41) is 12.4. The highest BCUT2D eigenvalue weighted by Gasteiger charge is 2.11. The number of esters is 1. The Bertz CT molecular complexity index is 878. The van der Waals surface area contributed by atoms with Crippen LogP contribution < -0.4 is 10.1 Å². The third-order valence-corrected chi connectivity index (χ3v) is 3.89. The number of nitriles is 1. The molecule has 0 spiro atoms. The van der Waals surface area contributed by atoms with Gasteiger partial charge in [-0.3, -0.25) is 4.79 Å². The Balaban J connectivity index is 1.82. The number of carbonyl (C=O) groups excluding carboxylic acids is 2. The predicted molar refractivity (Wildman–Crippen MR) is 97.4 cm³/mol. The topological polar surface area (TPSA) is 88.4 Å². The minimum atomic E-state index is -0.709. The molecule has 1 amide bonds. The first-order chi connectivity index (χ1) is 12.4. The number of nitrogens with zero attached hydrogens (tertiary/aromatic N) is 1. The average Bonchev–Trinajstić information content (AvgIpc) is 2.61. The third kappa shape index (κ3) is 5.66. The maximum atomic E-state index is 11.9. The van der Waals surface area contributed by atoms with Crippen LogP contribution in [0.1, 0.15) is 11.1 Å². The third-order valence-electron chi connectivity index (χ3n) is 3.23. The minimum absolute atomic E-state index is 0.244. The quantitative estimate of drug-likeness (QED) is 0.756. The number of anilines is 1. The lowest BCUT2D eigenvalue weighted by Crippen LogP contribution is -2.24. The van der Waals surface area contributed by atoms with E-state index >= 15 is 0 Å². The van der Waals surface area contributed by atoms with Crippen molar-refractivity contribution in [1.29, 1.82) is 5.26 Å². The molecule has 8 heteroatoms. The lowest BCUT2D eigenvalue weighted by atomic mass is 10.2.